The van der Waals surface area contributed by atoms with Gasteiger partial charge in [0.25, 0.3) is 0 Å². The average Bonchev–Trinajstić information content (AvgIpc) is 3.03. The second-order valence-corrected chi connectivity index (χ2v) is 8.48. The molecule has 5 rings (SSSR count). The van der Waals surface area contributed by atoms with Crippen molar-refractivity contribution in [2.45, 2.75) is 6.92 Å². The minimum atomic E-state index is 1.33. The van der Waals surface area contributed by atoms with Gasteiger partial charge in [0.1, 0.15) is 0 Å². The van der Waals surface area contributed by atoms with Crippen molar-refractivity contribution in [2.24, 2.45) is 0 Å². The van der Waals surface area contributed by atoms with E-state index in [4.69, 9.17) is 0 Å². The first-order valence-electron chi connectivity index (χ1n) is 8.33. The van der Waals surface area contributed by atoms with Crippen LogP contribution in [0, 0.1) is 10.5 Å². The minimum Gasteiger partial charge on any atom is -0.135 e. The van der Waals surface area contributed by atoms with Gasteiger partial charge in [0.05, 0.1) is 0 Å². The molecular weight excluding hydrogens is 435 g/mol. The van der Waals surface area contributed by atoms with E-state index in [0.29, 0.717) is 0 Å². The third-order valence-corrected chi connectivity index (χ3v) is 7.21. The highest BCUT2D eigenvalue weighted by Gasteiger charge is 2.19. The van der Waals surface area contributed by atoms with E-state index in [1.165, 1.54) is 51.2 Å². The number of rotatable bonds is 1. The van der Waals surface area contributed by atoms with Crippen LogP contribution in [0.2, 0.25) is 0 Å². The SMILES string of the molecule is Cc1ccccc1-c1c(I)c2ccccc2c2sc3ccccc3c12. The van der Waals surface area contributed by atoms with Gasteiger partial charge in [-0.05, 0) is 52.1 Å². The molecule has 0 saturated carbocycles. The highest BCUT2D eigenvalue weighted by atomic mass is 127. The maximum Gasteiger partial charge on any atom is 0.0440 e. The third kappa shape index (κ3) is 2.24. The zero-order valence-corrected chi connectivity index (χ0v) is 16.7. The molecule has 0 atom stereocenters. The lowest BCUT2D eigenvalue weighted by molar-refractivity contribution is 1.47. The van der Waals surface area contributed by atoms with Crippen molar-refractivity contribution in [3.63, 3.8) is 0 Å². The van der Waals surface area contributed by atoms with Gasteiger partial charge in [0.2, 0.25) is 0 Å². The first-order chi connectivity index (χ1) is 12.3. The summed E-state index contributed by atoms with van der Waals surface area (Å²) in [6.07, 6.45) is 0. The Labute approximate surface area is 164 Å². The molecule has 0 amide bonds. The molecule has 25 heavy (non-hydrogen) atoms. The van der Waals surface area contributed by atoms with Gasteiger partial charge in [0.15, 0.2) is 0 Å². The molecule has 120 valence electrons. The highest BCUT2D eigenvalue weighted by Crippen LogP contribution is 2.47. The first kappa shape index (κ1) is 15.4. The predicted molar refractivity (Wildman–Crippen MR) is 120 cm³/mol. The van der Waals surface area contributed by atoms with Crippen LogP contribution in [0.1, 0.15) is 5.56 Å². The van der Waals surface area contributed by atoms with Crippen LogP contribution in [-0.2, 0) is 0 Å². The van der Waals surface area contributed by atoms with E-state index in [-0.39, 0.29) is 0 Å². The standard InChI is InChI=1S/C23H15IS/c1-14-8-2-3-9-15(14)20-21-18-12-6-7-13-19(18)25-23(21)17-11-5-4-10-16(17)22(20)24/h2-13H,1H3. The van der Waals surface area contributed by atoms with Crippen LogP contribution in [0.5, 0.6) is 0 Å². The molecule has 0 saturated heterocycles. The summed E-state index contributed by atoms with van der Waals surface area (Å²) in [6.45, 7) is 2.21. The molecule has 0 aliphatic rings. The zero-order valence-electron chi connectivity index (χ0n) is 13.7. The smallest absolute Gasteiger partial charge is 0.0440 e. The van der Waals surface area contributed by atoms with Crippen molar-refractivity contribution in [1.82, 2.24) is 0 Å². The van der Waals surface area contributed by atoms with Gasteiger partial charge in [-0.2, -0.15) is 0 Å². The maximum atomic E-state index is 2.54. The monoisotopic (exact) mass is 450 g/mol. The summed E-state index contributed by atoms with van der Waals surface area (Å²) in [4.78, 5) is 0. The Morgan fingerprint density at radius 1 is 0.720 bits per heavy atom. The fourth-order valence-corrected chi connectivity index (χ4v) is 5.99. The van der Waals surface area contributed by atoms with E-state index in [2.05, 4.69) is 102 Å². The molecule has 4 aromatic carbocycles. The molecule has 1 aromatic heterocycles. The number of benzene rings is 4. The fraction of sp³-hybridized carbons (Fsp3) is 0.0435. The Morgan fingerprint density at radius 3 is 2.16 bits per heavy atom. The van der Waals surface area contributed by atoms with Gasteiger partial charge in [-0.25, -0.2) is 0 Å². The minimum absolute atomic E-state index is 1.33. The molecule has 0 N–H and O–H groups in total. The third-order valence-electron chi connectivity index (χ3n) is 4.89. The van der Waals surface area contributed by atoms with Crippen LogP contribution in [0.15, 0.2) is 72.8 Å². The molecule has 0 radical (unpaired) electrons. The zero-order chi connectivity index (χ0) is 17.0. The summed E-state index contributed by atoms with van der Waals surface area (Å²) in [5, 5.41) is 5.48. The molecule has 1 heterocycles. The molecule has 0 aliphatic carbocycles. The Bertz CT molecular complexity index is 1260. The van der Waals surface area contributed by atoms with Gasteiger partial charge < -0.3 is 0 Å². The quantitative estimate of drug-likeness (QED) is 0.229. The Kier molecular flexibility index (Phi) is 3.57. The van der Waals surface area contributed by atoms with Crippen molar-refractivity contribution >= 4 is 64.9 Å². The van der Waals surface area contributed by atoms with Gasteiger partial charge in [-0.15, -0.1) is 11.3 Å². The topological polar surface area (TPSA) is 0 Å². The van der Waals surface area contributed by atoms with Gasteiger partial charge in [-0.1, -0.05) is 66.7 Å². The predicted octanol–water partition coefficient (Wildman–Crippen LogP) is 7.79. The number of hydrogen-bond acceptors (Lipinski definition) is 1. The van der Waals surface area contributed by atoms with Gasteiger partial charge in [0, 0.05) is 34.7 Å². The van der Waals surface area contributed by atoms with E-state index < -0.39 is 0 Å². The number of thiophene rings is 1. The van der Waals surface area contributed by atoms with Crippen molar-refractivity contribution in [2.75, 3.05) is 0 Å². The van der Waals surface area contributed by atoms with Gasteiger partial charge >= 0.3 is 0 Å². The number of halogens is 1. The summed E-state index contributed by atoms with van der Waals surface area (Å²) < 4.78 is 4.11. The summed E-state index contributed by atoms with van der Waals surface area (Å²) in [5.74, 6) is 0. The van der Waals surface area contributed by atoms with Crippen LogP contribution in [0.3, 0.4) is 0 Å². The number of hydrogen-bond donors (Lipinski definition) is 0. The maximum absolute atomic E-state index is 2.54. The molecule has 0 bridgehead atoms. The van der Waals surface area contributed by atoms with Crippen LogP contribution >= 0.6 is 33.9 Å². The van der Waals surface area contributed by atoms with E-state index in [1.807, 2.05) is 11.3 Å². The second kappa shape index (κ2) is 5.82. The first-order valence-corrected chi connectivity index (χ1v) is 10.2. The molecule has 0 fully saturated rings. The molecular formula is C23H15IS. The van der Waals surface area contributed by atoms with E-state index >= 15 is 0 Å². The van der Waals surface area contributed by atoms with Crippen molar-refractivity contribution in [3.05, 3.63) is 81.9 Å². The Balaban J connectivity index is 2.12. The average molecular weight is 450 g/mol. The normalized spacial score (nSPS) is 11.6. The second-order valence-electron chi connectivity index (χ2n) is 6.35. The summed E-state index contributed by atoms with van der Waals surface area (Å²) in [6, 6.07) is 26.3. The molecule has 0 unspecified atom stereocenters. The summed E-state index contributed by atoms with van der Waals surface area (Å²) >= 11 is 4.45. The summed E-state index contributed by atoms with van der Waals surface area (Å²) in [7, 11) is 0. The lowest BCUT2D eigenvalue weighted by atomic mass is 9.93. The van der Waals surface area contributed by atoms with E-state index in [1.54, 1.807) is 0 Å². The van der Waals surface area contributed by atoms with Gasteiger partial charge in [-0.3, -0.25) is 0 Å². The van der Waals surface area contributed by atoms with Crippen LogP contribution < -0.4 is 0 Å². The highest BCUT2D eigenvalue weighted by molar-refractivity contribution is 14.1. The number of aryl methyl sites for hydroxylation is 1. The van der Waals surface area contributed by atoms with E-state index in [0.717, 1.165) is 0 Å². The molecule has 5 aromatic rings. The Morgan fingerprint density at radius 2 is 1.36 bits per heavy atom. The van der Waals surface area contributed by atoms with Crippen LogP contribution in [0.25, 0.3) is 42.1 Å². The summed E-state index contributed by atoms with van der Waals surface area (Å²) in [5.41, 5.74) is 4.04. The van der Waals surface area contributed by atoms with Crippen LogP contribution in [-0.4, -0.2) is 0 Å². The molecule has 0 spiro atoms. The van der Waals surface area contributed by atoms with E-state index in [9.17, 15) is 0 Å². The lowest BCUT2D eigenvalue weighted by Crippen LogP contribution is -1.90. The molecule has 0 aliphatic heterocycles. The van der Waals surface area contributed by atoms with Crippen molar-refractivity contribution in [1.29, 1.82) is 0 Å². The van der Waals surface area contributed by atoms with Crippen LogP contribution in [0.4, 0.5) is 0 Å². The molecule has 0 nitrogen and oxygen atoms in total. The van der Waals surface area contributed by atoms with Crippen molar-refractivity contribution in [3.8, 4) is 11.1 Å². The largest absolute Gasteiger partial charge is 0.135 e. The van der Waals surface area contributed by atoms with Crippen molar-refractivity contribution < 1.29 is 0 Å². The number of fused-ring (bicyclic) bond motifs is 5. The fourth-order valence-electron chi connectivity index (χ4n) is 3.71. The Hall–Kier alpha value is -1.91. The lowest BCUT2D eigenvalue weighted by Gasteiger charge is -2.14. The molecule has 2 heteroatoms.